The highest BCUT2D eigenvalue weighted by Gasteiger charge is 2.13. The second-order valence-electron chi connectivity index (χ2n) is 5.30. The predicted molar refractivity (Wildman–Crippen MR) is 91.4 cm³/mol. The van der Waals surface area contributed by atoms with E-state index < -0.39 is 21.7 Å². The van der Waals surface area contributed by atoms with Gasteiger partial charge in [-0.15, -0.1) is 0 Å². The largest absolute Gasteiger partial charge is 0.322 e. The first-order valence-electron chi connectivity index (χ1n) is 7.06. The SMILES string of the molecule is Cc1cc(S(N)(=O)=O)cc(NC(=O)/C=C/c2ccccc2F)c1C. The highest BCUT2D eigenvalue weighted by molar-refractivity contribution is 7.89. The predicted octanol–water partition coefficient (Wildman–Crippen LogP) is 2.74. The molecule has 0 aliphatic rings. The lowest BCUT2D eigenvalue weighted by atomic mass is 10.1. The number of nitrogens with two attached hydrogens (primary N) is 1. The summed E-state index contributed by atoms with van der Waals surface area (Å²) < 4.78 is 36.5. The number of carbonyl (C=O) groups is 1. The van der Waals surface area contributed by atoms with Crippen LogP contribution in [0.15, 0.2) is 47.4 Å². The quantitative estimate of drug-likeness (QED) is 0.833. The molecule has 0 saturated heterocycles. The Balaban J connectivity index is 2.26. The summed E-state index contributed by atoms with van der Waals surface area (Å²) in [5.74, 6) is -0.947. The fourth-order valence-electron chi connectivity index (χ4n) is 2.07. The maximum Gasteiger partial charge on any atom is 0.248 e. The maximum absolute atomic E-state index is 13.5. The van der Waals surface area contributed by atoms with Crippen LogP contribution in [0.4, 0.5) is 10.1 Å². The molecule has 5 nitrogen and oxygen atoms in total. The van der Waals surface area contributed by atoms with Crippen molar-refractivity contribution in [2.45, 2.75) is 18.7 Å². The molecule has 0 heterocycles. The third-order valence-electron chi connectivity index (χ3n) is 3.55. The maximum atomic E-state index is 13.5. The molecule has 0 atom stereocenters. The summed E-state index contributed by atoms with van der Waals surface area (Å²) in [6.45, 7) is 3.47. The van der Waals surface area contributed by atoms with Crippen molar-refractivity contribution < 1.29 is 17.6 Å². The van der Waals surface area contributed by atoms with Crippen molar-refractivity contribution in [1.82, 2.24) is 0 Å². The Bertz CT molecular complexity index is 921. The Morgan fingerprint density at radius 2 is 1.88 bits per heavy atom. The van der Waals surface area contributed by atoms with Gasteiger partial charge >= 0.3 is 0 Å². The summed E-state index contributed by atoms with van der Waals surface area (Å²) in [5.41, 5.74) is 2.01. The molecule has 2 aromatic rings. The van der Waals surface area contributed by atoms with Crippen molar-refractivity contribution in [2.75, 3.05) is 5.32 Å². The highest BCUT2D eigenvalue weighted by Crippen LogP contribution is 2.23. The number of sulfonamides is 1. The number of rotatable bonds is 4. The van der Waals surface area contributed by atoms with E-state index in [-0.39, 0.29) is 10.5 Å². The van der Waals surface area contributed by atoms with Gasteiger partial charge in [-0.25, -0.2) is 17.9 Å². The van der Waals surface area contributed by atoms with Gasteiger partial charge in [0.2, 0.25) is 15.9 Å². The third kappa shape index (κ3) is 4.27. The zero-order valence-electron chi connectivity index (χ0n) is 13.2. The highest BCUT2D eigenvalue weighted by atomic mass is 32.2. The Morgan fingerprint density at radius 1 is 1.21 bits per heavy atom. The number of carbonyl (C=O) groups excluding carboxylic acids is 1. The van der Waals surface area contributed by atoms with Gasteiger partial charge in [0.05, 0.1) is 4.90 Å². The Morgan fingerprint density at radius 3 is 2.50 bits per heavy atom. The third-order valence-corrected chi connectivity index (χ3v) is 4.44. The first kappa shape index (κ1) is 17.8. The second kappa shape index (κ2) is 6.94. The molecule has 0 bridgehead atoms. The fourth-order valence-corrected chi connectivity index (χ4v) is 2.69. The van der Waals surface area contributed by atoms with Crippen LogP contribution in [-0.2, 0) is 14.8 Å². The molecular weight excluding hydrogens is 331 g/mol. The smallest absolute Gasteiger partial charge is 0.248 e. The summed E-state index contributed by atoms with van der Waals surface area (Å²) in [7, 11) is -3.88. The lowest BCUT2D eigenvalue weighted by Crippen LogP contribution is -2.15. The molecule has 0 aliphatic heterocycles. The summed E-state index contributed by atoms with van der Waals surface area (Å²) in [6.07, 6.45) is 2.52. The molecule has 24 heavy (non-hydrogen) atoms. The van der Waals surface area contributed by atoms with Crippen molar-refractivity contribution >= 4 is 27.7 Å². The van der Waals surface area contributed by atoms with Crippen molar-refractivity contribution in [3.63, 3.8) is 0 Å². The number of aryl methyl sites for hydroxylation is 1. The lowest BCUT2D eigenvalue weighted by Gasteiger charge is -2.11. The molecule has 1 amide bonds. The van der Waals surface area contributed by atoms with Gasteiger partial charge in [-0.05, 0) is 49.2 Å². The molecule has 0 spiro atoms. The molecule has 0 saturated carbocycles. The normalized spacial score (nSPS) is 11.7. The topological polar surface area (TPSA) is 89.3 Å². The fraction of sp³-hybridized carbons (Fsp3) is 0.118. The minimum Gasteiger partial charge on any atom is -0.322 e. The van der Waals surface area contributed by atoms with Gasteiger partial charge in [0.15, 0.2) is 0 Å². The standard InChI is InChI=1S/C17H17FN2O3S/c1-11-9-14(24(19,22)23)10-16(12(11)2)20-17(21)8-7-13-5-3-4-6-15(13)18/h3-10H,1-2H3,(H,20,21)(H2,19,22,23)/b8-7+. The Hall–Kier alpha value is -2.51. The molecule has 0 aromatic heterocycles. The number of hydrogen-bond donors (Lipinski definition) is 2. The molecule has 126 valence electrons. The minimum absolute atomic E-state index is 0.0843. The molecule has 0 unspecified atom stereocenters. The Labute approximate surface area is 140 Å². The van der Waals surface area contributed by atoms with Gasteiger partial charge in [-0.1, -0.05) is 18.2 Å². The first-order valence-corrected chi connectivity index (χ1v) is 8.61. The van der Waals surface area contributed by atoms with Crippen LogP contribution in [0.5, 0.6) is 0 Å². The van der Waals surface area contributed by atoms with Gasteiger partial charge in [0.1, 0.15) is 5.82 Å². The van der Waals surface area contributed by atoms with Gasteiger partial charge in [-0.2, -0.15) is 0 Å². The molecule has 0 aliphatic carbocycles. The van der Waals surface area contributed by atoms with Gasteiger partial charge in [-0.3, -0.25) is 4.79 Å². The molecule has 3 N–H and O–H groups in total. The van der Waals surface area contributed by atoms with Crippen LogP contribution >= 0.6 is 0 Å². The Kier molecular flexibility index (Phi) is 5.16. The molecular formula is C17H17FN2O3S. The molecule has 7 heteroatoms. The number of halogens is 1. The van der Waals surface area contributed by atoms with Gasteiger partial charge in [0.25, 0.3) is 0 Å². The first-order chi connectivity index (χ1) is 11.2. The van der Waals surface area contributed by atoms with Crippen molar-refractivity contribution in [3.8, 4) is 0 Å². The van der Waals surface area contributed by atoms with E-state index in [9.17, 15) is 17.6 Å². The summed E-state index contributed by atoms with van der Waals surface area (Å²) in [4.78, 5) is 11.9. The van der Waals surface area contributed by atoms with Crippen LogP contribution in [0.3, 0.4) is 0 Å². The molecule has 2 aromatic carbocycles. The number of amides is 1. The van der Waals surface area contributed by atoms with E-state index in [0.29, 0.717) is 11.3 Å². The monoisotopic (exact) mass is 348 g/mol. The summed E-state index contributed by atoms with van der Waals surface area (Å²) >= 11 is 0. The van der Waals surface area contributed by atoms with E-state index in [1.54, 1.807) is 26.0 Å². The van der Waals surface area contributed by atoms with E-state index in [4.69, 9.17) is 5.14 Å². The van der Waals surface area contributed by atoms with Crippen LogP contribution in [0.1, 0.15) is 16.7 Å². The molecule has 0 radical (unpaired) electrons. The zero-order chi connectivity index (χ0) is 17.9. The van der Waals surface area contributed by atoms with Crippen LogP contribution in [-0.4, -0.2) is 14.3 Å². The van der Waals surface area contributed by atoms with E-state index in [2.05, 4.69) is 5.32 Å². The number of benzene rings is 2. The van der Waals surface area contributed by atoms with Crippen molar-refractivity contribution in [2.24, 2.45) is 5.14 Å². The van der Waals surface area contributed by atoms with E-state index in [1.165, 1.54) is 36.4 Å². The number of nitrogens with one attached hydrogen (secondary N) is 1. The van der Waals surface area contributed by atoms with Crippen LogP contribution in [0.25, 0.3) is 6.08 Å². The van der Waals surface area contributed by atoms with Crippen LogP contribution in [0.2, 0.25) is 0 Å². The number of anilines is 1. The van der Waals surface area contributed by atoms with Gasteiger partial charge in [0, 0.05) is 17.3 Å². The molecule has 2 rings (SSSR count). The average Bonchev–Trinajstić information content (AvgIpc) is 2.50. The van der Waals surface area contributed by atoms with E-state index >= 15 is 0 Å². The minimum atomic E-state index is -3.88. The number of primary sulfonamides is 1. The van der Waals surface area contributed by atoms with Gasteiger partial charge < -0.3 is 5.32 Å². The van der Waals surface area contributed by atoms with Crippen LogP contribution < -0.4 is 10.5 Å². The second-order valence-corrected chi connectivity index (χ2v) is 6.86. The average molecular weight is 348 g/mol. The number of hydrogen-bond acceptors (Lipinski definition) is 3. The summed E-state index contributed by atoms with van der Waals surface area (Å²) in [6, 6.07) is 8.78. The molecule has 0 fully saturated rings. The zero-order valence-corrected chi connectivity index (χ0v) is 14.0. The van der Waals surface area contributed by atoms with Crippen molar-refractivity contribution in [3.05, 3.63) is 65.0 Å². The van der Waals surface area contributed by atoms with E-state index in [0.717, 1.165) is 5.56 Å². The van der Waals surface area contributed by atoms with Crippen molar-refractivity contribution in [1.29, 1.82) is 0 Å². The lowest BCUT2D eigenvalue weighted by molar-refractivity contribution is -0.111. The van der Waals surface area contributed by atoms with E-state index in [1.807, 2.05) is 0 Å². The summed E-state index contributed by atoms with van der Waals surface area (Å²) in [5, 5.41) is 7.72. The van der Waals surface area contributed by atoms with Crippen LogP contribution in [0, 0.1) is 19.7 Å².